The van der Waals surface area contributed by atoms with Gasteiger partial charge < -0.3 is 25.0 Å². The molecule has 24 heavy (non-hydrogen) atoms. The zero-order valence-electron chi connectivity index (χ0n) is 14.6. The number of urea groups is 1. The number of ether oxygens (including phenoxy) is 2. The summed E-state index contributed by atoms with van der Waals surface area (Å²) in [6.45, 7) is 4.38. The van der Waals surface area contributed by atoms with Crippen LogP contribution in [0.25, 0.3) is 0 Å². The highest BCUT2D eigenvalue weighted by Crippen LogP contribution is 2.33. The maximum atomic E-state index is 12.3. The molecule has 1 aromatic rings. The summed E-state index contributed by atoms with van der Waals surface area (Å²) in [5.41, 5.74) is 0.726. The monoisotopic (exact) mass is 335 g/mol. The number of nitrogens with one attached hydrogen (secondary N) is 2. The number of amides is 3. The minimum atomic E-state index is -0.240. The quantitative estimate of drug-likeness (QED) is 0.832. The Kier molecular flexibility index (Phi) is 5.89. The molecule has 0 aliphatic carbocycles. The minimum absolute atomic E-state index is 0.0314. The van der Waals surface area contributed by atoms with E-state index in [0.29, 0.717) is 18.0 Å². The summed E-state index contributed by atoms with van der Waals surface area (Å²) in [6, 6.07) is 4.98. The molecule has 1 heterocycles. The second kappa shape index (κ2) is 7.90. The number of carbonyl (C=O) groups is 2. The molecule has 132 valence electrons. The smallest absolute Gasteiger partial charge is 0.315 e. The number of methoxy groups -OCH3 is 2. The van der Waals surface area contributed by atoms with Crippen LogP contribution in [0.2, 0.25) is 0 Å². The molecular weight excluding hydrogens is 310 g/mol. The Morgan fingerprint density at radius 3 is 2.67 bits per heavy atom. The molecule has 7 nitrogen and oxygen atoms in total. The van der Waals surface area contributed by atoms with E-state index < -0.39 is 0 Å². The Morgan fingerprint density at radius 1 is 1.33 bits per heavy atom. The summed E-state index contributed by atoms with van der Waals surface area (Å²) in [4.78, 5) is 25.8. The van der Waals surface area contributed by atoms with Crippen molar-refractivity contribution in [1.82, 2.24) is 10.6 Å². The lowest BCUT2D eigenvalue weighted by atomic mass is 10.2. The second-order valence-electron chi connectivity index (χ2n) is 5.87. The normalized spacial score (nSPS) is 18.2. The Balaban J connectivity index is 2.03. The Bertz CT molecular complexity index is 605. The van der Waals surface area contributed by atoms with Crippen molar-refractivity contribution in [3.05, 3.63) is 18.2 Å². The molecule has 0 spiro atoms. The van der Waals surface area contributed by atoms with E-state index in [2.05, 4.69) is 10.6 Å². The molecule has 7 heteroatoms. The van der Waals surface area contributed by atoms with Crippen LogP contribution in [-0.4, -0.2) is 44.8 Å². The zero-order valence-corrected chi connectivity index (χ0v) is 14.6. The van der Waals surface area contributed by atoms with E-state index in [-0.39, 0.29) is 30.4 Å². The van der Waals surface area contributed by atoms with Gasteiger partial charge in [0.1, 0.15) is 0 Å². The summed E-state index contributed by atoms with van der Waals surface area (Å²) in [5, 5.41) is 5.70. The molecule has 2 atom stereocenters. The van der Waals surface area contributed by atoms with Gasteiger partial charge in [-0.3, -0.25) is 4.79 Å². The minimum Gasteiger partial charge on any atom is -0.493 e. The highest BCUT2D eigenvalue weighted by molar-refractivity contribution is 5.97. The van der Waals surface area contributed by atoms with Gasteiger partial charge in [0.25, 0.3) is 0 Å². The predicted molar refractivity (Wildman–Crippen MR) is 91.7 cm³/mol. The Labute approximate surface area is 142 Å². The van der Waals surface area contributed by atoms with Crippen molar-refractivity contribution >= 4 is 17.6 Å². The van der Waals surface area contributed by atoms with Gasteiger partial charge in [-0.25, -0.2) is 4.79 Å². The average molecular weight is 335 g/mol. The van der Waals surface area contributed by atoms with Crippen LogP contribution in [0.15, 0.2) is 18.2 Å². The fourth-order valence-electron chi connectivity index (χ4n) is 2.60. The molecular formula is C17H25N3O4. The molecule has 1 aliphatic heterocycles. The number of nitrogens with zero attached hydrogens (tertiary/aromatic N) is 1. The summed E-state index contributed by atoms with van der Waals surface area (Å²) in [5.74, 6) is 1.14. The van der Waals surface area contributed by atoms with Crippen molar-refractivity contribution in [1.29, 1.82) is 0 Å². The molecule has 1 aromatic carbocycles. The van der Waals surface area contributed by atoms with Gasteiger partial charge in [0, 0.05) is 30.8 Å². The van der Waals surface area contributed by atoms with Gasteiger partial charge in [-0.2, -0.15) is 0 Å². The summed E-state index contributed by atoms with van der Waals surface area (Å²) < 4.78 is 10.5. The van der Waals surface area contributed by atoms with Crippen LogP contribution in [0.5, 0.6) is 11.5 Å². The SMILES string of the molecule is CC[C@H](C)NC(=O)N[C@@H]1CC(=O)N(c2ccc(OC)c(OC)c2)C1. The van der Waals surface area contributed by atoms with E-state index >= 15 is 0 Å². The van der Waals surface area contributed by atoms with Crippen LogP contribution in [0.4, 0.5) is 10.5 Å². The van der Waals surface area contributed by atoms with Crippen molar-refractivity contribution in [2.24, 2.45) is 0 Å². The van der Waals surface area contributed by atoms with E-state index in [0.717, 1.165) is 12.1 Å². The van der Waals surface area contributed by atoms with Gasteiger partial charge >= 0.3 is 6.03 Å². The first-order chi connectivity index (χ1) is 11.5. The van der Waals surface area contributed by atoms with Crippen LogP contribution in [0.1, 0.15) is 26.7 Å². The maximum Gasteiger partial charge on any atom is 0.315 e. The summed E-state index contributed by atoms with van der Waals surface area (Å²) in [6.07, 6.45) is 1.14. The van der Waals surface area contributed by atoms with Crippen LogP contribution in [0.3, 0.4) is 0 Å². The topological polar surface area (TPSA) is 79.9 Å². The van der Waals surface area contributed by atoms with E-state index in [1.165, 1.54) is 0 Å². The maximum absolute atomic E-state index is 12.3. The fourth-order valence-corrected chi connectivity index (χ4v) is 2.60. The fraction of sp³-hybridized carbons (Fsp3) is 0.529. The van der Waals surface area contributed by atoms with Gasteiger partial charge in [-0.1, -0.05) is 6.92 Å². The molecule has 0 aromatic heterocycles. The van der Waals surface area contributed by atoms with E-state index in [4.69, 9.17) is 9.47 Å². The number of rotatable bonds is 6. The standard InChI is InChI=1S/C17H25N3O4/c1-5-11(2)18-17(22)19-12-8-16(21)20(10-12)13-6-7-14(23-3)15(9-13)24-4/h6-7,9,11-12H,5,8,10H2,1-4H3,(H2,18,19,22)/t11-,12+/m0/s1. The molecule has 1 fully saturated rings. The average Bonchev–Trinajstić information content (AvgIpc) is 2.93. The van der Waals surface area contributed by atoms with Crippen molar-refractivity contribution in [3.63, 3.8) is 0 Å². The van der Waals surface area contributed by atoms with Gasteiger partial charge in [0.05, 0.1) is 20.3 Å². The molecule has 2 rings (SSSR count). The first-order valence-electron chi connectivity index (χ1n) is 8.07. The largest absolute Gasteiger partial charge is 0.493 e. The number of benzene rings is 1. The van der Waals surface area contributed by atoms with Crippen molar-refractivity contribution in [3.8, 4) is 11.5 Å². The number of hydrogen-bond acceptors (Lipinski definition) is 4. The first kappa shape index (κ1) is 17.9. The van der Waals surface area contributed by atoms with E-state index in [1.54, 1.807) is 37.3 Å². The zero-order chi connectivity index (χ0) is 17.7. The van der Waals surface area contributed by atoms with Gasteiger partial charge in [-0.05, 0) is 25.5 Å². The van der Waals surface area contributed by atoms with Crippen molar-refractivity contribution < 1.29 is 19.1 Å². The molecule has 0 radical (unpaired) electrons. The van der Waals surface area contributed by atoms with Gasteiger partial charge in [-0.15, -0.1) is 0 Å². The van der Waals surface area contributed by atoms with Gasteiger partial charge in [0.2, 0.25) is 5.91 Å². The first-order valence-corrected chi connectivity index (χ1v) is 8.07. The Morgan fingerprint density at radius 2 is 2.04 bits per heavy atom. The molecule has 0 bridgehead atoms. The van der Waals surface area contributed by atoms with Crippen LogP contribution in [-0.2, 0) is 4.79 Å². The third kappa shape index (κ3) is 4.10. The Hall–Kier alpha value is -2.44. The molecule has 2 N–H and O–H groups in total. The van der Waals surface area contributed by atoms with Gasteiger partial charge in [0.15, 0.2) is 11.5 Å². The third-order valence-electron chi connectivity index (χ3n) is 4.13. The molecule has 1 saturated heterocycles. The molecule has 0 saturated carbocycles. The van der Waals surface area contributed by atoms with Crippen molar-refractivity contribution in [2.45, 2.75) is 38.8 Å². The molecule has 1 aliphatic rings. The number of anilines is 1. The lowest BCUT2D eigenvalue weighted by molar-refractivity contribution is -0.117. The molecule has 3 amide bonds. The predicted octanol–water partition coefficient (Wildman–Crippen LogP) is 1.91. The van der Waals surface area contributed by atoms with E-state index in [1.807, 2.05) is 13.8 Å². The lowest BCUT2D eigenvalue weighted by Crippen LogP contribution is -2.46. The van der Waals surface area contributed by atoms with Crippen molar-refractivity contribution in [2.75, 3.05) is 25.7 Å². The van der Waals surface area contributed by atoms with Crippen LogP contribution >= 0.6 is 0 Å². The summed E-state index contributed by atoms with van der Waals surface area (Å²) in [7, 11) is 3.12. The second-order valence-corrected chi connectivity index (χ2v) is 5.87. The highest BCUT2D eigenvalue weighted by Gasteiger charge is 2.32. The third-order valence-corrected chi connectivity index (χ3v) is 4.13. The van der Waals surface area contributed by atoms with Crippen LogP contribution < -0.4 is 25.0 Å². The lowest BCUT2D eigenvalue weighted by Gasteiger charge is -2.19. The number of carbonyl (C=O) groups excluding carboxylic acids is 2. The van der Waals surface area contributed by atoms with E-state index in [9.17, 15) is 9.59 Å². The highest BCUT2D eigenvalue weighted by atomic mass is 16.5. The molecule has 0 unspecified atom stereocenters. The number of hydrogen-bond donors (Lipinski definition) is 2. The van der Waals surface area contributed by atoms with Crippen LogP contribution in [0, 0.1) is 0 Å². The summed E-state index contributed by atoms with van der Waals surface area (Å²) >= 11 is 0.